The number of ether oxygens (including phenoxy) is 2. The lowest BCUT2D eigenvalue weighted by atomic mass is 10.2. The predicted octanol–water partition coefficient (Wildman–Crippen LogP) is 3.07. The highest BCUT2D eigenvalue weighted by Crippen LogP contribution is 2.26. The van der Waals surface area contributed by atoms with Crippen LogP contribution in [0.1, 0.15) is 21.8 Å². The molecule has 0 unspecified atom stereocenters. The fraction of sp³-hybridized carbons (Fsp3) is 0.350. The van der Waals surface area contributed by atoms with E-state index in [1.54, 1.807) is 7.11 Å². The number of aryl methyl sites for hydroxylation is 1. The van der Waals surface area contributed by atoms with E-state index in [0.717, 1.165) is 28.2 Å². The molecule has 2 aromatic heterocycles. The molecule has 0 radical (unpaired) electrons. The Balaban J connectivity index is 1.74. The molecule has 1 aliphatic rings. The van der Waals surface area contributed by atoms with Gasteiger partial charge in [0, 0.05) is 31.8 Å². The minimum Gasteiger partial charge on any atom is -0.497 e. The molecule has 136 valence electrons. The molecule has 6 nitrogen and oxygen atoms in total. The molecule has 1 fully saturated rings. The van der Waals surface area contributed by atoms with Crippen LogP contribution in [0, 0.1) is 6.92 Å². The van der Waals surface area contributed by atoms with Crippen LogP contribution in [0.15, 0.2) is 40.8 Å². The summed E-state index contributed by atoms with van der Waals surface area (Å²) in [5, 5.41) is 0. The number of morpholine rings is 1. The van der Waals surface area contributed by atoms with Crippen LogP contribution >= 0.6 is 0 Å². The fourth-order valence-electron chi connectivity index (χ4n) is 3.39. The zero-order chi connectivity index (χ0) is 18.1. The first-order valence-electron chi connectivity index (χ1n) is 8.75. The molecule has 3 heterocycles. The molecule has 0 saturated carbocycles. The zero-order valence-electron chi connectivity index (χ0n) is 15.0. The third-order valence-electron chi connectivity index (χ3n) is 4.71. The maximum Gasteiger partial charge on any atom is 0.270 e. The predicted molar refractivity (Wildman–Crippen MR) is 97.8 cm³/mol. The second-order valence-electron chi connectivity index (χ2n) is 6.48. The number of hydrogen-bond donors (Lipinski definition) is 0. The summed E-state index contributed by atoms with van der Waals surface area (Å²) in [7, 11) is 1.65. The molecule has 1 aromatic carbocycles. The van der Waals surface area contributed by atoms with Crippen molar-refractivity contribution in [3.63, 3.8) is 0 Å². The molecular formula is C20H22N2O4. The van der Waals surface area contributed by atoms with Crippen molar-refractivity contribution in [3.8, 4) is 5.75 Å². The number of benzene rings is 1. The Morgan fingerprint density at radius 3 is 2.77 bits per heavy atom. The van der Waals surface area contributed by atoms with Crippen molar-refractivity contribution in [3.05, 3.63) is 53.4 Å². The molecule has 0 aliphatic carbocycles. The van der Waals surface area contributed by atoms with Crippen molar-refractivity contribution in [2.24, 2.45) is 0 Å². The van der Waals surface area contributed by atoms with E-state index >= 15 is 0 Å². The van der Waals surface area contributed by atoms with Crippen LogP contribution in [0.5, 0.6) is 5.75 Å². The van der Waals surface area contributed by atoms with Gasteiger partial charge in [-0.05, 0) is 24.6 Å². The number of rotatable bonds is 4. The molecule has 3 aromatic rings. The number of methoxy groups -OCH3 is 1. The van der Waals surface area contributed by atoms with Gasteiger partial charge in [0.2, 0.25) is 0 Å². The van der Waals surface area contributed by atoms with Crippen LogP contribution < -0.4 is 4.74 Å². The maximum atomic E-state index is 13.1. The van der Waals surface area contributed by atoms with Crippen LogP contribution in [0.2, 0.25) is 0 Å². The standard InChI is InChI=1S/C20H22N2O4/c1-14-10-17-19(26-14)12-18(20(23)21-6-8-25-9-7-21)22(17)13-15-4-3-5-16(11-15)24-2/h3-5,10-12H,6-9,13H2,1-2H3. The Kier molecular flexibility index (Phi) is 4.42. The number of amides is 1. The molecule has 0 atom stereocenters. The smallest absolute Gasteiger partial charge is 0.270 e. The molecule has 26 heavy (non-hydrogen) atoms. The van der Waals surface area contributed by atoms with Gasteiger partial charge in [-0.25, -0.2) is 0 Å². The second kappa shape index (κ2) is 6.88. The lowest BCUT2D eigenvalue weighted by Crippen LogP contribution is -2.41. The summed E-state index contributed by atoms with van der Waals surface area (Å²) in [6.07, 6.45) is 0. The van der Waals surface area contributed by atoms with Crippen molar-refractivity contribution in [2.45, 2.75) is 13.5 Å². The van der Waals surface area contributed by atoms with Crippen LogP contribution in [-0.4, -0.2) is 48.8 Å². The van der Waals surface area contributed by atoms with E-state index in [1.807, 2.05) is 52.8 Å². The third-order valence-corrected chi connectivity index (χ3v) is 4.71. The number of hydrogen-bond acceptors (Lipinski definition) is 4. The van der Waals surface area contributed by atoms with Gasteiger partial charge < -0.3 is 23.4 Å². The van der Waals surface area contributed by atoms with E-state index in [0.29, 0.717) is 38.5 Å². The van der Waals surface area contributed by atoms with Gasteiger partial charge in [0.15, 0.2) is 5.58 Å². The largest absolute Gasteiger partial charge is 0.497 e. The van der Waals surface area contributed by atoms with Crippen molar-refractivity contribution < 1.29 is 18.7 Å². The number of aromatic nitrogens is 1. The summed E-state index contributed by atoms with van der Waals surface area (Å²) in [6.45, 7) is 4.88. The highest BCUT2D eigenvalue weighted by Gasteiger charge is 2.24. The second-order valence-corrected chi connectivity index (χ2v) is 6.48. The van der Waals surface area contributed by atoms with E-state index in [9.17, 15) is 4.79 Å². The Hall–Kier alpha value is -2.73. The van der Waals surface area contributed by atoms with Gasteiger partial charge >= 0.3 is 0 Å². The van der Waals surface area contributed by atoms with Crippen LogP contribution in [0.3, 0.4) is 0 Å². The number of furan rings is 1. The lowest BCUT2D eigenvalue weighted by molar-refractivity contribution is 0.0296. The first-order chi connectivity index (χ1) is 12.7. The van der Waals surface area contributed by atoms with E-state index in [-0.39, 0.29) is 5.91 Å². The molecule has 1 amide bonds. The van der Waals surface area contributed by atoms with Crippen molar-refractivity contribution in [1.29, 1.82) is 0 Å². The van der Waals surface area contributed by atoms with Crippen molar-refractivity contribution in [2.75, 3.05) is 33.4 Å². The highest BCUT2D eigenvalue weighted by atomic mass is 16.5. The van der Waals surface area contributed by atoms with E-state index < -0.39 is 0 Å². The molecule has 0 bridgehead atoms. The number of carbonyl (C=O) groups excluding carboxylic acids is 1. The summed E-state index contributed by atoms with van der Waals surface area (Å²) in [5.74, 6) is 1.65. The quantitative estimate of drug-likeness (QED) is 0.722. The SMILES string of the molecule is COc1cccc(Cn2c(C(=O)N3CCOCC3)cc3oc(C)cc32)c1. The fourth-order valence-corrected chi connectivity index (χ4v) is 3.39. The van der Waals surface area contributed by atoms with Crippen molar-refractivity contribution in [1.82, 2.24) is 9.47 Å². The molecule has 1 aliphatic heterocycles. The molecule has 0 N–H and O–H groups in total. The van der Waals surface area contributed by atoms with Gasteiger partial charge in [-0.1, -0.05) is 12.1 Å². The Morgan fingerprint density at radius 2 is 2.00 bits per heavy atom. The summed E-state index contributed by atoms with van der Waals surface area (Å²) < 4.78 is 18.5. The number of fused-ring (bicyclic) bond motifs is 1. The van der Waals surface area contributed by atoms with E-state index in [2.05, 4.69) is 0 Å². The van der Waals surface area contributed by atoms with Gasteiger partial charge in [0.05, 0.1) is 25.8 Å². The summed E-state index contributed by atoms with van der Waals surface area (Å²) in [6, 6.07) is 11.7. The third kappa shape index (κ3) is 3.08. The Bertz CT molecular complexity index is 935. The molecule has 1 saturated heterocycles. The normalized spacial score (nSPS) is 14.8. The lowest BCUT2D eigenvalue weighted by Gasteiger charge is -2.27. The first kappa shape index (κ1) is 16.7. The molecule has 6 heteroatoms. The highest BCUT2D eigenvalue weighted by molar-refractivity contribution is 5.97. The van der Waals surface area contributed by atoms with Crippen LogP contribution in [0.4, 0.5) is 0 Å². The number of nitrogens with zero attached hydrogens (tertiary/aromatic N) is 2. The topological polar surface area (TPSA) is 56.8 Å². The van der Waals surface area contributed by atoms with Crippen LogP contribution in [-0.2, 0) is 11.3 Å². The van der Waals surface area contributed by atoms with E-state index in [4.69, 9.17) is 13.9 Å². The molecule has 0 spiro atoms. The van der Waals surface area contributed by atoms with Crippen molar-refractivity contribution >= 4 is 17.0 Å². The number of carbonyl (C=O) groups is 1. The average Bonchev–Trinajstić information content (AvgIpc) is 3.19. The van der Waals surface area contributed by atoms with Gasteiger partial charge in [-0.3, -0.25) is 4.79 Å². The van der Waals surface area contributed by atoms with Gasteiger partial charge in [-0.2, -0.15) is 0 Å². The van der Waals surface area contributed by atoms with E-state index in [1.165, 1.54) is 0 Å². The monoisotopic (exact) mass is 354 g/mol. The van der Waals surface area contributed by atoms with Gasteiger partial charge in [-0.15, -0.1) is 0 Å². The Morgan fingerprint density at radius 1 is 1.19 bits per heavy atom. The summed E-state index contributed by atoms with van der Waals surface area (Å²) in [5.41, 5.74) is 3.38. The van der Waals surface area contributed by atoms with Gasteiger partial charge in [0.1, 0.15) is 17.2 Å². The zero-order valence-corrected chi connectivity index (χ0v) is 15.0. The summed E-state index contributed by atoms with van der Waals surface area (Å²) >= 11 is 0. The summed E-state index contributed by atoms with van der Waals surface area (Å²) in [4.78, 5) is 14.9. The van der Waals surface area contributed by atoms with Crippen LogP contribution in [0.25, 0.3) is 11.1 Å². The molecular weight excluding hydrogens is 332 g/mol. The Labute approximate surface area is 151 Å². The average molecular weight is 354 g/mol. The van der Waals surface area contributed by atoms with Gasteiger partial charge in [0.25, 0.3) is 5.91 Å². The minimum atomic E-state index is 0.0141. The first-order valence-corrected chi connectivity index (χ1v) is 8.75. The minimum absolute atomic E-state index is 0.0141. The molecule has 4 rings (SSSR count). The maximum absolute atomic E-state index is 13.1.